The number of ether oxygens (including phenoxy) is 1. The van der Waals surface area contributed by atoms with Crippen LogP contribution in [0, 0.1) is 0 Å². The third-order valence-electron chi connectivity index (χ3n) is 3.60. The lowest BCUT2D eigenvalue weighted by molar-refractivity contribution is 0.0320. The van der Waals surface area contributed by atoms with Gasteiger partial charge < -0.3 is 9.72 Å². The number of carbonyl (C=O) groups excluding carboxylic acids is 2. The number of rotatable bonds is 5. The first-order chi connectivity index (χ1) is 11.8. The maximum Gasteiger partial charge on any atom is 0.339 e. The molecule has 0 unspecified atom stereocenters. The number of hydrogen-bond donors (Lipinski definition) is 2. The molecule has 3 aromatic rings. The van der Waals surface area contributed by atoms with Crippen LogP contribution >= 0.6 is 11.3 Å². The summed E-state index contributed by atoms with van der Waals surface area (Å²) in [6.45, 7) is 1.47. The van der Waals surface area contributed by atoms with E-state index in [2.05, 4.69) is 4.98 Å². The van der Waals surface area contributed by atoms with Gasteiger partial charge in [-0.1, -0.05) is 18.2 Å². The first-order valence-electron chi connectivity index (χ1n) is 7.20. The number of thiophene rings is 1. The molecule has 0 fully saturated rings. The molecule has 0 amide bonds. The van der Waals surface area contributed by atoms with Crippen molar-refractivity contribution in [1.82, 2.24) is 4.98 Å². The first kappa shape index (κ1) is 17.3. The lowest BCUT2D eigenvalue weighted by atomic mass is 10.1. The molecule has 0 aliphatic rings. The first-order valence-corrected chi connectivity index (χ1v) is 9.62. The average Bonchev–Trinajstić information content (AvgIpc) is 3.21. The second-order valence-electron chi connectivity index (χ2n) is 5.36. The number of ketones is 1. The maximum atomic E-state index is 12.5. The van der Waals surface area contributed by atoms with E-state index in [-0.39, 0.29) is 15.6 Å². The van der Waals surface area contributed by atoms with Gasteiger partial charge in [0, 0.05) is 28.0 Å². The molecule has 0 bridgehead atoms. The molecule has 0 saturated heterocycles. The van der Waals surface area contributed by atoms with Crippen LogP contribution in [-0.2, 0) is 14.8 Å². The van der Waals surface area contributed by atoms with Crippen molar-refractivity contribution in [2.75, 3.05) is 0 Å². The van der Waals surface area contributed by atoms with Crippen molar-refractivity contribution in [3.8, 4) is 0 Å². The van der Waals surface area contributed by atoms with Crippen LogP contribution in [0.2, 0.25) is 0 Å². The molecule has 9 heteroatoms. The Morgan fingerprint density at radius 1 is 1.28 bits per heavy atom. The minimum absolute atomic E-state index is 0.0348. The van der Waals surface area contributed by atoms with Crippen molar-refractivity contribution in [3.63, 3.8) is 0 Å². The highest BCUT2D eigenvalue weighted by atomic mass is 32.2. The van der Waals surface area contributed by atoms with E-state index in [4.69, 9.17) is 9.88 Å². The largest absolute Gasteiger partial charge is 0.451 e. The standard InChI is InChI=1S/C16H14N2O5S2/c1-9(15(19)12-7-18-13-5-3-2-4-11(12)13)23-16(20)10-6-14(24-8-10)25(17,21)22/h2-9,18H,1H3,(H2,17,21,22)/t9-/m1/s1. The molecule has 1 aromatic carbocycles. The van der Waals surface area contributed by atoms with Crippen molar-refractivity contribution in [2.24, 2.45) is 5.14 Å². The summed E-state index contributed by atoms with van der Waals surface area (Å²) in [5.74, 6) is -1.14. The second kappa shape index (κ2) is 6.43. The number of carbonyl (C=O) groups is 2. The molecule has 0 radical (unpaired) electrons. The average molecular weight is 378 g/mol. The molecule has 7 nitrogen and oxygen atoms in total. The number of sulfonamides is 1. The van der Waals surface area contributed by atoms with E-state index in [0.29, 0.717) is 5.56 Å². The molecule has 2 heterocycles. The number of primary sulfonamides is 1. The fourth-order valence-corrected chi connectivity index (χ4v) is 3.92. The number of para-hydroxylation sites is 1. The topological polar surface area (TPSA) is 119 Å². The third-order valence-corrected chi connectivity index (χ3v) is 5.99. The zero-order valence-corrected chi connectivity index (χ0v) is 14.7. The molecule has 25 heavy (non-hydrogen) atoms. The highest BCUT2D eigenvalue weighted by Crippen LogP contribution is 2.22. The Hall–Kier alpha value is -2.49. The van der Waals surface area contributed by atoms with E-state index in [1.165, 1.54) is 12.3 Å². The number of aromatic nitrogens is 1. The summed E-state index contributed by atoms with van der Waals surface area (Å²) < 4.78 is 27.5. The van der Waals surface area contributed by atoms with Crippen molar-refractivity contribution in [2.45, 2.75) is 17.2 Å². The third kappa shape index (κ3) is 3.48. The smallest absolute Gasteiger partial charge is 0.339 e. The van der Waals surface area contributed by atoms with Gasteiger partial charge in [0.05, 0.1) is 5.56 Å². The monoisotopic (exact) mass is 378 g/mol. The van der Waals surface area contributed by atoms with Crippen LogP contribution in [0.3, 0.4) is 0 Å². The molecule has 3 N–H and O–H groups in total. The normalized spacial score (nSPS) is 12.9. The Bertz CT molecular complexity index is 1070. The lowest BCUT2D eigenvalue weighted by Crippen LogP contribution is -2.24. The Morgan fingerprint density at radius 3 is 2.68 bits per heavy atom. The number of nitrogens with one attached hydrogen (secondary N) is 1. The number of aromatic amines is 1. The number of hydrogen-bond acceptors (Lipinski definition) is 6. The van der Waals surface area contributed by atoms with Crippen molar-refractivity contribution >= 4 is 44.0 Å². The molecule has 2 aromatic heterocycles. The molecule has 0 aliphatic carbocycles. The zero-order valence-electron chi connectivity index (χ0n) is 13.1. The second-order valence-corrected chi connectivity index (χ2v) is 8.06. The van der Waals surface area contributed by atoms with E-state index < -0.39 is 22.1 Å². The van der Waals surface area contributed by atoms with Gasteiger partial charge in [-0.3, -0.25) is 4.79 Å². The van der Waals surface area contributed by atoms with Crippen LogP contribution in [0.5, 0.6) is 0 Å². The van der Waals surface area contributed by atoms with E-state index in [0.717, 1.165) is 28.3 Å². The van der Waals surface area contributed by atoms with Gasteiger partial charge in [0.25, 0.3) is 0 Å². The van der Waals surface area contributed by atoms with E-state index in [9.17, 15) is 18.0 Å². The summed E-state index contributed by atoms with van der Waals surface area (Å²) in [5, 5.41) is 7.07. The van der Waals surface area contributed by atoms with Gasteiger partial charge in [-0.2, -0.15) is 0 Å². The van der Waals surface area contributed by atoms with Crippen LogP contribution in [0.25, 0.3) is 10.9 Å². The summed E-state index contributed by atoms with van der Waals surface area (Å²) in [5.41, 5.74) is 1.26. The fourth-order valence-electron chi connectivity index (χ4n) is 2.35. The number of esters is 1. The van der Waals surface area contributed by atoms with E-state index in [1.807, 2.05) is 18.2 Å². The quantitative estimate of drug-likeness (QED) is 0.521. The summed E-state index contributed by atoms with van der Waals surface area (Å²) in [6, 6.07) is 8.42. The van der Waals surface area contributed by atoms with Gasteiger partial charge in [0.15, 0.2) is 6.10 Å². The van der Waals surface area contributed by atoms with Crippen molar-refractivity contribution < 1.29 is 22.7 Å². The number of H-pyrrole nitrogens is 1. The van der Waals surface area contributed by atoms with E-state index in [1.54, 1.807) is 12.3 Å². The van der Waals surface area contributed by atoms with Gasteiger partial charge >= 0.3 is 5.97 Å². The molecule has 3 rings (SSSR count). The molecule has 0 saturated carbocycles. The summed E-state index contributed by atoms with van der Waals surface area (Å²) in [7, 11) is -3.88. The Labute approximate surface area is 147 Å². The Morgan fingerprint density at radius 2 is 2.00 bits per heavy atom. The molecule has 0 aliphatic heterocycles. The van der Waals surface area contributed by atoms with Gasteiger partial charge in [0.2, 0.25) is 15.8 Å². The van der Waals surface area contributed by atoms with Crippen LogP contribution in [-0.4, -0.2) is 31.3 Å². The Balaban J connectivity index is 1.77. The molecule has 0 spiro atoms. The summed E-state index contributed by atoms with van der Waals surface area (Å²) >= 11 is 0.816. The van der Waals surface area contributed by atoms with Gasteiger partial charge in [-0.25, -0.2) is 18.4 Å². The predicted octanol–water partition coefficient (Wildman–Crippen LogP) is 2.31. The van der Waals surface area contributed by atoms with Crippen molar-refractivity contribution in [3.05, 3.63) is 53.0 Å². The summed E-state index contributed by atoms with van der Waals surface area (Å²) in [4.78, 5) is 27.7. The van der Waals surface area contributed by atoms with Gasteiger partial charge in [-0.05, 0) is 19.1 Å². The number of nitrogens with two attached hydrogens (primary N) is 1. The SMILES string of the molecule is C[C@@H](OC(=O)c1csc(S(N)(=O)=O)c1)C(=O)c1c[nH]c2ccccc12. The number of fused-ring (bicyclic) bond motifs is 1. The van der Waals surface area contributed by atoms with Crippen molar-refractivity contribution in [1.29, 1.82) is 0 Å². The maximum absolute atomic E-state index is 12.5. The van der Waals surface area contributed by atoms with E-state index >= 15 is 0 Å². The fraction of sp³-hybridized carbons (Fsp3) is 0.125. The zero-order chi connectivity index (χ0) is 18.2. The highest BCUT2D eigenvalue weighted by Gasteiger charge is 2.24. The number of Topliss-reactive ketones (excluding diaryl/α,β-unsaturated/α-hetero) is 1. The van der Waals surface area contributed by atoms with Crippen LogP contribution in [0.4, 0.5) is 0 Å². The number of benzene rings is 1. The minimum atomic E-state index is -3.88. The van der Waals surface area contributed by atoms with Crippen LogP contribution < -0.4 is 5.14 Å². The lowest BCUT2D eigenvalue weighted by Gasteiger charge is -2.11. The summed E-state index contributed by atoms with van der Waals surface area (Å²) in [6.07, 6.45) is 0.547. The molecular formula is C16H14N2O5S2. The molecular weight excluding hydrogens is 364 g/mol. The van der Waals surface area contributed by atoms with Gasteiger partial charge in [-0.15, -0.1) is 11.3 Å². The molecule has 1 atom stereocenters. The minimum Gasteiger partial charge on any atom is -0.451 e. The van der Waals surface area contributed by atoms with Crippen LogP contribution in [0.1, 0.15) is 27.6 Å². The Kier molecular flexibility index (Phi) is 4.46. The van der Waals surface area contributed by atoms with Crippen LogP contribution in [0.15, 0.2) is 46.1 Å². The molecule has 130 valence electrons. The van der Waals surface area contributed by atoms with Gasteiger partial charge in [0.1, 0.15) is 4.21 Å². The highest BCUT2D eigenvalue weighted by molar-refractivity contribution is 7.91. The predicted molar refractivity (Wildman–Crippen MR) is 93.2 cm³/mol.